The van der Waals surface area contributed by atoms with E-state index in [1.54, 1.807) is 31.4 Å². The van der Waals surface area contributed by atoms with Gasteiger partial charge in [0.1, 0.15) is 5.75 Å². The van der Waals surface area contributed by atoms with Crippen molar-refractivity contribution in [3.63, 3.8) is 0 Å². The lowest BCUT2D eigenvalue weighted by Gasteiger charge is -2.27. The monoisotopic (exact) mass is 444 g/mol. The van der Waals surface area contributed by atoms with Crippen LogP contribution in [0.5, 0.6) is 5.75 Å². The van der Waals surface area contributed by atoms with E-state index in [0.29, 0.717) is 0 Å². The van der Waals surface area contributed by atoms with Crippen LogP contribution in [0.4, 0.5) is 17.1 Å². The molecule has 0 saturated heterocycles. The molecule has 0 bridgehead atoms. The van der Waals surface area contributed by atoms with Gasteiger partial charge in [0.25, 0.3) is 11.4 Å². The van der Waals surface area contributed by atoms with Gasteiger partial charge in [-0.25, -0.2) is 0 Å². The smallest absolute Gasteiger partial charge is 0.269 e. The number of hydrazine groups is 1. The topological polar surface area (TPSA) is 111 Å². The summed E-state index contributed by atoms with van der Waals surface area (Å²) in [6.45, 7) is 0. The third-order valence-corrected chi connectivity index (χ3v) is 5.22. The molecule has 9 nitrogen and oxygen atoms in total. The summed E-state index contributed by atoms with van der Waals surface area (Å²) < 4.78 is 5.24. The Hall–Kier alpha value is -4.66. The van der Waals surface area contributed by atoms with Gasteiger partial charge in [-0.2, -0.15) is 0 Å². The van der Waals surface area contributed by atoms with E-state index < -0.39 is 9.85 Å². The molecule has 1 aliphatic rings. The van der Waals surface area contributed by atoms with E-state index in [1.807, 2.05) is 47.5 Å². The Morgan fingerprint density at radius 1 is 0.848 bits per heavy atom. The predicted molar refractivity (Wildman–Crippen MR) is 125 cm³/mol. The summed E-state index contributed by atoms with van der Waals surface area (Å²) in [6, 6.07) is 20.1. The molecule has 0 aromatic heterocycles. The quantitative estimate of drug-likeness (QED) is 0.395. The van der Waals surface area contributed by atoms with Gasteiger partial charge in [-0.15, -0.1) is 0 Å². The maximum atomic E-state index is 11.0. The highest BCUT2D eigenvalue weighted by atomic mass is 16.6. The molecule has 166 valence electrons. The third-order valence-electron chi connectivity index (χ3n) is 5.22. The maximum Gasteiger partial charge on any atom is 0.269 e. The standard InChI is InChI=1S/C24H20N4O5/c1-33-23-14-12-20(13-15-23)26-24(18-5-10-22(11-6-18)28(31)32)16-19(25-26)7-2-17-3-8-21(9-4-17)27(29)30/h2-16,24-25H,1H3. The Morgan fingerprint density at radius 3 is 1.97 bits per heavy atom. The molecule has 33 heavy (non-hydrogen) atoms. The fourth-order valence-corrected chi connectivity index (χ4v) is 3.48. The Morgan fingerprint density at radius 2 is 1.42 bits per heavy atom. The highest BCUT2D eigenvalue weighted by Crippen LogP contribution is 2.34. The summed E-state index contributed by atoms with van der Waals surface area (Å²) in [5.41, 5.74) is 6.81. The second-order valence-electron chi connectivity index (χ2n) is 7.28. The van der Waals surface area contributed by atoms with Gasteiger partial charge in [0.15, 0.2) is 0 Å². The zero-order valence-corrected chi connectivity index (χ0v) is 17.6. The van der Waals surface area contributed by atoms with Crippen molar-refractivity contribution in [1.82, 2.24) is 5.43 Å². The first-order valence-corrected chi connectivity index (χ1v) is 10.0. The summed E-state index contributed by atoms with van der Waals surface area (Å²) in [5.74, 6) is 0.732. The van der Waals surface area contributed by atoms with E-state index in [-0.39, 0.29) is 17.4 Å². The Bertz CT molecular complexity index is 1220. The number of methoxy groups -OCH3 is 1. The minimum atomic E-state index is -0.434. The first kappa shape index (κ1) is 21.6. The van der Waals surface area contributed by atoms with Gasteiger partial charge in [0, 0.05) is 24.3 Å². The van der Waals surface area contributed by atoms with Crippen molar-refractivity contribution in [2.24, 2.45) is 0 Å². The van der Waals surface area contributed by atoms with Crippen LogP contribution in [0, 0.1) is 20.2 Å². The SMILES string of the molecule is COc1ccc(N2NC(C=Cc3ccc([N+](=O)[O-])cc3)=CC2c2ccc([N+](=O)[O-])cc2)cc1. The number of nitro benzene ring substituents is 2. The highest BCUT2D eigenvalue weighted by Gasteiger charge is 2.26. The van der Waals surface area contributed by atoms with Gasteiger partial charge in [0.2, 0.25) is 0 Å². The fourth-order valence-electron chi connectivity index (χ4n) is 3.48. The van der Waals surface area contributed by atoms with Crippen molar-refractivity contribution in [2.45, 2.75) is 6.04 Å². The van der Waals surface area contributed by atoms with Gasteiger partial charge >= 0.3 is 0 Å². The van der Waals surface area contributed by atoms with Gasteiger partial charge in [-0.1, -0.05) is 6.08 Å². The average Bonchev–Trinajstić information content (AvgIpc) is 3.27. The zero-order chi connectivity index (χ0) is 23.4. The van der Waals surface area contributed by atoms with E-state index in [2.05, 4.69) is 5.43 Å². The number of allylic oxidation sites excluding steroid dienone is 1. The lowest BCUT2D eigenvalue weighted by molar-refractivity contribution is -0.385. The number of benzene rings is 3. The van der Waals surface area contributed by atoms with Crippen molar-refractivity contribution in [3.8, 4) is 5.75 Å². The number of rotatable bonds is 7. The molecule has 1 unspecified atom stereocenters. The minimum absolute atomic E-state index is 0.0305. The van der Waals surface area contributed by atoms with Crippen LogP contribution in [-0.2, 0) is 0 Å². The van der Waals surface area contributed by atoms with E-state index in [4.69, 9.17) is 4.74 Å². The molecule has 1 atom stereocenters. The van der Waals surface area contributed by atoms with Crippen LogP contribution in [0.25, 0.3) is 6.08 Å². The van der Waals surface area contributed by atoms with Crippen molar-refractivity contribution in [1.29, 1.82) is 0 Å². The van der Waals surface area contributed by atoms with Gasteiger partial charge in [-0.3, -0.25) is 30.7 Å². The number of non-ortho nitro benzene ring substituents is 2. The summed E-state index contributed by atoms with van der Waals surface area (Å²) in [5, 5.41) is 23.8. The minimum Gasteiger partial charge on any atom is -0.497 e. The predicted octanol–water partition coefficient (Wildman–Crippen LogP) is 5.17. The number of anilines is 1. The molecule has 1 N–H and O–H groups in total. The molecule has 1 heterocycles. The fraction of sp³-hybridized carbons (Fsp3) is 0.0833. The van der Waals surface area contributed by atoms with E-state index in [0.717, 1.165) is 28.3 Å². The van der Waals surface area contributed by atoms with Crippen molar-refractivity contribution >= 4 is 23.1 Å². The molecule has 0 spiro atoms. The maximum absolute atomic E-state index is 11.0. The van der Waals surface area contributed by atoms with Crippen LogP contribution in [0.2, 0.25) is 0 Å². The molecule has 3 aromatic rings. The second-order valence-corrected chi connectivity index (χ2v) is 7.28. The molecule has 0 amide bonds. The number of nitrogens with one attached hydrogen (secondary N) is 1. The van der Waals surface area contributed by atoms with Crippen molar-refractivity contribution in [2.75, 3.05) is 12.1 Å². The summed E-state index contributed by atoms with van der Waals surface area (Å²) in [4.78, 5) is 21.0. The molecule has 4 rings (SSSR count). The molecule has 0 fully saturated rings. The second kappa shape index (κ2) is 9.23. The third kappa shape index (κ3) is 4.82. The van der Waals surface area contributed by atoms with Crippen LogP contribution < -0.4 is 15.2 Å². The van der Waals surface area contributed by atoms with Gasteiger partial charge in [-0.05, 0) is 71.8 Å². The summed E-state index contributed by atoms with van der Waals surface area (Å²) >= 11 is 0. The van der Waals surface area contributed by atoms with Gasteiger partial charge < -0.3 is 4.74 Å². The van der Waals surface area contributed by atoms with Crippen LogP contribution in [0.3, 0.4) is 0 Å². The molecule has 9 heteroatoms. The molecular weight excluding hydrogens is 424 g/mol. The summed E-state index contributed by atoms with van der Waals surface area (Å²) in [7, 11) is 1.60. The molecule has 0 saturated carbocycles. The lowest BCUT2D eigenvalue weighted by atomic mass is 10.0. The first-order chi connectivity index (χ1) is 15.9. The first-order valence-electron chi connectivity index (χ1n) is 10.0. The van der Waals surface area contributed by atoms with Crippen molar-refractivity contribution < 1.29 is 14.6 Å². The number of ether oxygens (including phenoxy) is 1. The number of hydrogen-bond acceptors (Lipinski definition) is 7. The van der Waals surface area contributed by atoms with E-state index >= 15 is 0 Å². The molecular formula is C24H20N4O5. The molecule has 1 aliphatic heterocycles. The highest BCUT2D eigenvalue weighted by molar-refractivity contribution is 5.59. The van der Waals surface area contributed by atoms with Crippen LogP contribution in [0.1, 0.15) is 17.2 Å². The lowest BCUT2D eigenvalue weighted by Crippen LogP contribution is -2.34. The Kier molecular flexibility index (Phi) is 6.03. The van der Waals surface area contributed by atoms with Crippen LogP contribution >= 0.6 is 0 Å². The van der Waals surface area contributed by atoms with Crippen LogP contribution in [0.15, 0.2) is 90.6 Å². The number of nitrogens with zero attached hydrogens (tertiary/aromatic N) is 3. The van der Waals surface area contributed by atoms with Gasteiger partial charge in [0.05, 0.1) is 34.4 Å². The number of nitro groups is 2. The average molecular weight is 444 g/mol. The normalized spacial score (nSPS) is 15.2. The zero-order valence-electron chi connectivity index (χ0n) is 17.6. The Balaban J connectivity index is 1.62. The van der Waals surface area contributed by atoms with Crippen molar-refractivity contribution in [3.05, 3.63) is 122 Å². The van der Waals surface area contributed by atoms with E-state index in [9.17, 15) is 20.2 Å². The summed E-state index contributed by atoms with van der Waals surface area (Å²) in [6.07, 6.45) is 5.74. The number of hydrogen-bond donors (Lipinski definition) is 1. The Labute approximate surface area is 189 Å². The van der Waals surface area contributed by atoms with E-state index in [1.165, 1.54) is 24.3 Å². The molecule has 0 radical (unpaired) electrons. The largest absolute Gasteiger partial charge is 0.497 e. The molecule has 0 aliphatic carbocycles. The van der Waals surface area contributed by atoms with Crippen LogP contribution in [-0.4, -0.2) is 17.0 Å². The molecule has 3 aromatic carbocycles.